The highest BCUT2D eigenvalue weighted by atomic mass is 32.2. The van der Waals surface area contributed by atoms with Gasteiger partial charge in [0.15, 0.2) is 0 Å². The van der Waals surface area contributed by atoms with E-state index in [1.807, 2.05) is 24.3 Å². The number of rotatable bonds is 6. The SMILES string of the molecule is CN1CCN(c2ccccc2CNC(=O)c2ccc(F)c(S(=O)(=O)N(C)C)c2)CC1. The Morgan fingerprint density at radius 2 is 1.77 bits per heavy atom. The summed E-state index contributed by atoms with van der Waals surface area (Å²) >= 11 is 0. The third kappa shape index (κ3) is 4.80. The number of para-hydroxylation sites is 1. The first kappa shape index (κ1) is 22.2. The van der Waals surface area contributed by atoms with Crippen LogP contribution in [0.25, 0.3) is 0 Å². The van der Waals surface area contributed by atoms with Crippen molar-refractivity contribution < 1.29 is 17.6 Å². The Morgan fingerprint density at radius 1 is 1.10 bits per heavy atom. The Balaban J connectivity index is 1.76. The smallest absolute Gasteiger partial charge is 0.251 e. The van der Waals surface area contributed by atoms with Crippen LogP contribution in [-0.2, 0) is 16.6 Å². The van der Waals surface area contributed by atoms with Crippen LogP contribution in [-0.4, -0.2) is 70.9 Å². The zero-order valence-electron chi connectivity index (χ0n) is 17.4. The van der Waals surface area contributed by atoms with Crippen LogP contribution in [0.1, 0.15) is 15.9 Å². The molecule has 162 valence electrons. The summed E-state index contributed by atoms with van der Waals surface area (Å²) in [5.41, 5.74) is 2.13. The minimum atomic E-state index is -3.99. The summed E-state index contributed by atoms with van der Waals surface area (Å²) in [5.74, 6) is -1.35. The number of piperazine rings is 1. The standard InChI is InChI=1S/C21H27FN4O3S/c1-24(2)30(28,29)20-14-16(8-9-18(20)22)21(27)23-15-17-6-4-5-7-19(17)26-12-10-25(3)11-13-26/h4-9,14H,10-13,15H2,1-3H3,(H,23,27). The van der Waals surface area contributed by atoms with E-state index in [-0.39, 0.29) is 12.1 Å². The predicted octanol–water partition coefficient (Wildman–Crippen LogP) is 1.76. The molecule has 1 saturated heterocycles. The molecule has 9 heteroatoms. The van der Waals surface area contributed by atoms with Crippen molar-refractivity contribution in [2.24, 2.45) is 0 Å². The quantitative estimate of drug-likeness (QED) is 0.750. The maximum atomic E-state index is 14.1. The predicted molar refractivity (Wildman–Crippen MR) is 115 cm³/mol. The molecule has 2 aromatic rings. The van der Waals surface area contributed by atoms with E-state index in [9.17, 15) is 17.6 Å². The average molecular weight is 435 g/mol. The number of carbonyl (C=O) groups is 1. The van der Waals surface area contributed by atoms with E-state index in [1.165, 1.54) is 20.2 Å². The molecule has 0 aromatic heterocycles. The van der Waals surface area contributed by atoms with Crippen molar-refractivity contribution in [1.29, 1.82) is 0 Å². The summed E-state index contributed by atoms with van der Waals surface area (Å²) in [6.45, 7) is 4.05. The van der Waals surface area contributed by atoms with E-state index in [4.69, 9.17) is 0 Å². The highest BCUT2D eigenvalue weighted by molar-refractivity contribution is 7.89. The molecule has 30 heavy (non-hydrogen) atoms. The van der Waals surface area contributed by atoms with Gasteiger partial charge in [0.05, 0.1) is 0 Å². The minimum absolute atomic E-state index is 0.0916. The number of carbonyl (C=O) groups excluding carboxylic acids is 1. The highest BCUT2D eigenvalue weighted by Crippen LogP contribution is 2.22. The lowest BCUT2D eigenvalue weighted by atomic mass is 10.1. The van der Waals surface area contributed by atoms with E-state index < -0.39 is 26.6 Å². The second-order valence-electron chi connectivity index (χ2n) is 7.53. The molecule has 1 amide bonds. The molecule has 1 fully saturated rings. The monoisotopic (exact) mass is 434 g/mol. The molecule has 1 aliphatic rings. The summed E-state index contributed by atoms with van der Waals surface area (Å²) in [5, 5.41) is 2.82. The molecule has 0 unspecified atom stereocenters. The molecule has 0 atom stereocenters. The van der Waals surface area contributed by atoms with Gasteiger partial charge in [0, 0.05) is 58.1 Å². The van der Waals surface area contributed by atoms with Gasteiger partial charge in [-0.15, -0.1) is 0 Å². The van der Waals surface area contributed by atoms with Gasteiger partial charge in [0.2, 0.25) is 10.0 Å². The Morgan fingerprint density at radius 3 is 2.43 bits per heavy atom. The number of hydrogen-bond donors (Lipinski definition) is 1. The summed E-state index contributed by atoms with van der Waals surface area (Å²) < 4.78 is 39.6. The average Bonchev–Trinajstić information content (AvgIpc) is 2.73. The molecule has 3 rings (SSSR count). The molecule has 1 N–H and O–H groups in total. The molecule has 0 saturated carbocycles. The first-order valence-electron chi connectivity index (χ1n) is 9.72. The van der Waals surface area contributed by atoms with Gasteiger partial charge in [-0.25, -0.2) is 17.1 Å². The second-order valence-corrected chi connectivity index (χ2v) is 9.65. The van der Waals surface area contributed by atoms with Crippen molar-refractivity contribution in [1.82, 2.24) is 14.5 Å². The zero-order chi connectivity index (χ0) is 21.9. The van der Waals surface area contributed by atoms with E-state index in [1.54, 1.807) is 0 Å². The molecular weight excluding hydrogens is 407 g/mol. The molecule has 0 spiro atoms. The number of halogens is 1. The Labute approximate surface area is 177 Å². The third-order valence-electron chi connectivity index (χ3n) is 5.23. The Bertz CT molecular complexity index is 1020. The largest absolute Gasteiger partial charge is 0.369 e. The van der Waals surface area contributed by atoms with Crippen LogP contribution in [0.2, 0.25) is 0 Å². The summed E-state index contributed by atoms with van der Waals surface area (Å²) in [4.78, 5) is 16.7. The van der Waals surface area contributed by atoms with Crippen LogP contribution < -0.4 is 10.2 Å². The summed E-state index contributed by atoms with van der Waals surface area (Å²) in [6, 6.07) is 11.2. The number of nitrogens with one attached hydrogen (secondary N) is 1. The highest BCUT2D eigenvalue weighted by Gasteiger charge is 2.23. The zero-order valence-corrected chi connectivity index (χ0v) is 18.2. The Kier molecular flexibility index (Phi) is 6.74. The number of benzene rings is 2. The van der Waals surface area contributed by atoms with Crippen LogP contribution in [0.15, 0.2) is 47.4 Å². The van der Waals surface area contributed by atoms with Crippen molar-refractivity contribution >= 4 is 21.6 Å². The third-order valence-corrected chi connectivity index (χ3v) is 7.06. The molecule has 0 aliphatic carbocycles. The van der Waals surface area contributed by atoms with Crippen molar-refractivity contribution in [2.75, 3.05) is 52.2 Å². The Hall–Kier alpha value is -2.49. The number of nitrogens with zero attached hydrogens (tertiary/aromatic N) is 3. The first-order chi connectivity index (χ1) is 14.2. The molecular formula is C21H27FN4O3S. The van der Waals surface area contributed by atoms with Crippen LogP contribution in [0, 0.1) is 5.82 Å². The number of anilines is 1. The number of amides is 1. The van der Waals surface area contributed by atoms with E-state index >= 15 is 0 Å². The molecule has 0 radical (unpaired) electrons. The number of sulfonamides is 1. The van der Waals surface area contributed by atoms with Gasteiger partial charge >= 0.3 is 0 Å². The first-order valence-corrected chi connectivity index (χ1v) is 11.2. The fourth-order valence-corrected chi connectivity index (χ4v) is 4.32. The number of hydrogen-bond acceptors (Lipinski definition) is 5. The topological polar surface area (TPSA) is 73.0 Å². The molecule has 7 nitrogen and oxygen atoms in total. The van der Waals surface area contributed by atoms with Gasteiger partial charge in [-0.1, -0.05) is 18.2 Å². The van der Waals surface area contributed by atoms with Gasteiger partial charge in [0.25, 0.3) is 5.91 Å². The van der Waals surface area contributed by atoms with Crippen molar-refractivity contribution in [3.63, 3.8) is 0 Å². The van der Waals surface area contributed by atoms with Gasteiger partial charge in [-0.2, -0.15) is 0 Å². The van der Waals surface area contributed by atoms with Crippen LogP contribution in [0.3, 0.4) is 0 Å². The molecule has 0 bridgehead atoms. The van der Waals surface area contributed by atoms with Gasteiger partial charge < -0.3 is 15.1 Å². The van der Waals surface area contributed by atoms with Crippen LogP contribution >= 0.6 is 0 Å². The normalized spacial score (nSPS) is 15.4. The van der Waals surface area contributed by atoms with Gasteiger partial charge in [0.1, 0.15) is 10.7 Å². The maximum absolute atomic E-state index is 14.1. The second kappa shape index (κ2) is 9.11. The van der Waals surface area contributed by atoms with Crippen LogP contribution in [0.5, 0.6) is 0 Å². The fourth-order valence-electron chi connectivity index (χ4n) is 3.33. The summed E-state index contributed by atoms with van der Waals surface area (Å²) in [6.07, 6.45) is 0. The lowest BCUT2D eigenvalue weighted by molar-refractivity contribution is 0.0950. The van der Waals surface area contributed by atoms with Gasteiger partial charge in [-0.05, 0) is 36.9 Å². The van der Waals surface area contributed by atoms with Crippen LogP contribution in [0.4, 0.5) is 10.1 Å². The maximum Gasteiger partial charge on any atom is 0.251 e. The fraction of sp³-hybridized carbons (Fsp3) is 0.381. The van der Waals surface area contributed by atoms with Crippen molar-refractivity contribution in [2.45, 2.75) is 11.4 Å². The minimum Gasteiger partial charge on any atom is -0.369 e. The van der Waals surface area contributed by atoms with Crippen molar-refractivity contribution in [3.8, 4) is 0 Å². The van der Waals surface area contributed by atoms with E-state index in [0.29, 0.717) is 0 Å². The molecule has 1 aliphatic heterocycles. The van der Waals surface area contributed by atoms with Crippen molar-refractivity contribution in [3.05, 3.63) is 59.4 Å². The van der Waals surface area contributed by atoms with E-state index in [2.05, 4.69) is 22.2 Å². The molecule has 2 aromatic carbocycles. The lowest BCUT2D eigenvalue weighted by Gasteiger charge is -2.35. The van der Waals surface area contributed by atoms with E-state index in [0.717, 1.165) is 53.9 Å². The summed E-state index contributed by atoms with van der Waals surface area (Å²) in [7, 11) is 0.738. The van der Waals surface area contributed by atoms with Gasteiger partial charge in [-0.3, -0.25) is 4.79 Å². The number of likely N-dealkylation sites (N-methyl/N-ethyl adjacent to an activating group) is 1. The molecule has 1 heterocycles. The lowest BCUT2D eigenvalue weighted by Crippen LogP contribution is -2.45.